The van der Waals surface area contributed by atoms with E-state index in [0.717, 1.165) is 25.1 Å². The maximum Gasteiger partial charge on any atom is 0.0435 e. The molecule has 0 bridgehead atoms. The topological polar surface area (TPSA) is 3.24 Å². The average molecular weight is 309 g/mol. The van der Waals surface area contributed by atoms with Crippen LogP contribution in [0, 0.1) is 0 Å². The normalized spacial score (nSPS) is 17.2. The molecule has 1 unspecified atom stereocenters. The van der Waals surface area contributed by atoms with E-state index in [-0.39, 0.29) is 0 Å². The fourth-order valence-corrected chi connectivity index (χ4v) is 3.63. The van der Waals surface area contributed by atoms with Gasteiger partial charge in [-0.15, -0.1) is 11.8 Å². The molecule has 1 aliphatic rings. The number of benzene rings is 2. The predicted octanol–water partition coefficient (Wildman–Crippen LogP) is 5.22. The predicted molar refractivity (Wildman–Crippen MR) is 97.0 cm³/mol. The van der Waals surface area contributed by atoms with E-state index in [1.54, 1.807) is 11.8 Å². The summed E-state index contributed by atoms with van der Waals surface area (Å²) in [5.74, 6) is 0. The van der Waals surface area contributed by atoms with Crippen molar-refractivity contribution >= 4 is 17.5 Å². The molecule has 1 heterocycles. The van der Waals surface area contributed by atoms with Gasteiger partial charge in [0.05, 0.1) is 0 Å². The molecule has 0 aromatic heterocycles. The van der Waals surface area contributed by atoms with Gasteiger partial charge in [-0.05, 0) is 47.9 Å². The molecule has 3 rings (SSSR count). The van der Waals surface area contributed by atoms with Crippen LogP contribution in [0.4, 0.5) is 0 Å². The highest BCUT2D eigenvalue weighted by molar-refractivity contribution is 7.98. The van der Waals surface area contributed by atoms with Crippen molar-refractivity contribution in [3.05, 3.63) is 71.8 Å². The molecule has 0 saturated carbocycles. The van der Waals surface area contributed by atoms with Gasteiger partial charge in [0, 0.05) is 23.2 Å². The highest BCUT2D eigenvalue weighted by Crippen LogP contribution is 2.31. The molecule has 22 heavy (non-hydrogen) atoms. The molecule has 0 N–H and O–H groups in total. The van der Waals surface area contributed by atoms with Crippen LogP contribution in [0.1, 0.15) is 30.0 Å². The highest BCUT2D eigenvalue weighted by Gasteiger charge is 2.25. The maximum absolute atomic E-state index is 4.39. The molecule has 2 aromatic rings. The van der Waals surface area contributed by atoms with Crippen LogP contribution in [-0.2, 0) is 13.0 Å². The van der Waals surface area contributed by atoms with Crippen LogP contribution in [0.3, 0.4) is 0 Å². The van der Waals surface area contributed by atoms with Crippen LogP contribution >= 0.6 is 11.8 Å². The molecule has 2 aromatic carbocycles. The molecule has 0 spiro atoms. The summed E-state index contributed by atoms with van der Waals surface area (Å²) in [6, 6.07) is 18.1. The Morgan fingerprint density at radius 1 is 1.14 bits per heavy atom. The molecular formula is C20H23NS. The van der Waals surface area contributed by atoms with E-state index >= 15 is 0 Å². The standard InChI is InChI=1S/C20H23NS/c1-4-19-13-17-7-5-6-8-18(17)14-21(19)15(2)16-9-11-20(22-3)12-10-16/h5-12,19H,2,4,13-14H2,1,3H3. The lowest BCUT2D eigenvalue weighted by atomic mass is 9.91. The fraction of sp³-hybridized carbons (Fsp3) is 0.300. The molecular weight excluding hydrogens is 286 g/mol. The number of rotatable bonds is 4. The largest absolute Gasteiger partial charge is 0.364 e. The minimum Gasteiger partial charge on any atom is -0.364 e. The van der Waals surface area contributed by atoms with E-state index < -0.39 is 0 Å². The van der Waals surface area contributed by atoms with Crippen molar-refractivity contribution in [2.75, 3.05) is 6.26 Å². The second kappa shape index (κ2) is 6.62. The van der Waals surface area contributed by atoms with Gasteiger partial charge in [-0.2, -0.15) is 0 Å². The molecule has 1 atom stereocenters. The second-order valence-corrected chi connectivity index (χ2v) is 6.72. The Labute approximate surface area is 138 Å². The van der Waals surface area contributed by atoms with Gasteiger partial charge in [-0.25, -0.2) is 0 Å². The molecule has 114 valence electrons. The first-order chi connectivity index (χ1) is 10.7. The Morgan fingerprint density at radius 3 is 2.45 bits per heavy atom. The Bertz CT molecular complexity index is 660. The van der Waals surface area contributed by atoms with Crippen LogP contribution in [0.2, 0.25) is 0 Å². The molecule has 2 heteroatoms. The monoisotopic (exact) mass is 309 g/mol. The number of hydrogen-bond donors (Lipinski definition) is 0. The van der Waals surface area contributed by atoms with Gasteiger partial charge in [-0.1, -0.05) is 49.9 Å². The zero-order chi connectivity index (χ0) is 15.5. The fourth-order valence-electron chi connectivity index (χ4n) is 3.22. The summed E-state index contributed by atoms with van der Waals surface area (Å²) in [5, 5.41) is 0. The highest BCUT2D eigenvalue weighted by atomic mass is 32.2. The van der Waals surface area contributed by atoms with Crippen LogP contribution in [0.25, 0.3) is 5.70 Å². The zero-order valence-corrected chi connectivity index (χ0v) is 14.2. The number of nitrogens with zero attached hydrogens (tertiary/aromatic N) is 1. The third kappa shape index (κ3) is 2.93. The lowest BCUT2D eigenvalue weighted by molar-refractivity contribution is 0.258. The van der Waals surface area contributed by atoms with Gasteiger partial charge in [0.1, 0.15) is 0 Å². The van der Waals surface area contributed by atoms with Crippen LogP contribution in [0.5, 0.6) is 0 Å². The van der Waals surface area contributed by atoms with Crippen molar-refractivity contribution in [1.82, 2.24) is 4.90 Å². The number of fused-ring (bicyclic) bond motifs is 1. The number of thioether (sulfide) groups is 1. The molecule has 1 nitrogen and oxygen atoms in total. The lowest BCUT2D eigenvalue weighted by Gasteiger charge is -2.39. The van der Waals surface area contributed by atoms with E-state index in [0.29, 0.717) is 6.04 Å². The van der Waals surface area contributed by atoms with E-state index in [1.165, 1.54) is 21.6 Å². The van der Waals surface area contributed by atoms with Crippen molar-refractivity contribution in [1.29, 1.82) is 0 Å². The SMILES string of the molecule is C=C(c1ccc(SC)cc1)N1Cc2ccccc2CC1CC. The van der Waals surface area contributed by atoms with Crippen molar-refractivity contribution < 1.29 is 0 Å². The summed E-state index contributed by atoms with van der Waals surface area (Å²) in [4.78, 5) is 3.78. The molecule has 1 aliphatic heterocycles. The summed E-state index contributed by atoms with van der Waals surface area (Å²) in [6.07, 6.45) is 4.38. The van der Waals surface area contributed by atoms with E-state index in [2.05, 4.69) is 73.2 Å². The smallest absolute Gasteiger partial charge is 0.0435 e. The first kappa shape index (κ1) is 15.2. The van der Waals surface area contributed by atoms with Gasteiger partial charge >= 0.3 is 0 Å². The third-order valence-electron chi connectivity index (χ3n) is 4.60. The van der Waals surface area contributed by atoms with Crippen LogP contribution < -0.4 is 0 Å². The van der Waals surface area contributed by atoms with Gasteiger partial charge in [-0.3, -0.25) is 0 Å². The van der Waals surface area contributed by atoms with Gasteiger partial charge in [0.25, 0.3) is 0 Å². The van der Waals surface area contributed by atoms with Crippen LogP contribution in [0.15, 0.2) is 60.0 Å². The first-order valence-electron chi connectivity index (χ1n) is 7.89. The van der Waals surface area contributed by atoms with Crippen molar-refractivity contribution in [3.63, 3.8) is 0 Å². The summed E-state index contributed by atoms with van der Waals surface area (Å²) in [6.45, 7) is 7.64. The Balaban J connectivity index is 1.87. The van der Waals surface area contributed by atoms with E-state index in [4.69, 9.17) is 0 Å². The van der Waals surface area contributed by atoms with Crippen molar-refractivity contribution in [2.45, 2.75) is 37.2 Å². The Morgan fingerprint density at radius 2 is 1.82 bits per heavy atom. The minimum absolute atomic E-state index is 0.544. The first-order valence-corrected chi connectivity index (χ1v) is 9.12. The quantitative estimate of drug-likeness (QED) is 0.713. The number of hydrogen-bond acceptors (Lipinski definition) is 2. The van der Waals surface area contributed by atoms with Gasteiger partial charge in [0.15, 0.2) is 0 Å². The second-order valence-electron chi connectivity index (χ2n) is 5.84. The molecule has 0 fully saturated rings. The van der Waals surface area contributed by atoms with Gasteiger partial charge < -0.3 is 4.90 Å². The Hall–Kier alpha value is -1.67. The third-order valence-corrected chi connectivity index (χ3v) is 5.34. The van der Waals surface area contributed by atoms with E-state index in [9.17, 15) is 0 Å². The molecule has 0 amide bonds. The molecule has 0 aliphatic carbocycles. The van der Waals surface area contributed by atoms with Crippen molar-refractivity contribution in [2.24, 2.45) is 0 Å². The zero-order valence-electron chi connectivity index (χ0n) is 13.4. The molecule has 0 radical (unpaired) electrons. The summed E-state index contributed by atoms with van der Waals surface area (Å²) in [7, 11) is 0. The summed E-state index contributed by atoms with van der Waals surface area (Å²) >= 11 is 1.78. The maximum atomic E-state index is 4.39. The van der Waals surface area contributed by atoms with Crippen molar-refractivity contribution in [3.8, 4) is 0 Å². The minimum atomic E-state index is 0.544. The average Bonchev–Trinajstić information content (AvgIpc) is 2.60. The van der Waals surface area contributed by atoms with Gasteiger partial charge in [0.2, 0.25) is 0 Å². The summed E-state index contributed by atoms with van der Waals surface area (Å²) < 4.78 is 0. The lowest BCUT2D eigenvalue weighted by Crippen LogP contribution is -2.38. The Kier molecular flexibility index (Phi) is 4.58. The molecule has 0 saturated heterocycles. The van der Waals surface area contributed by atoms with Crippen LogP contribution in [-0.4, -0.2) is 17.2 Å². The van der Waals surface area contributed by atoms with E-state index in [1.807, 2.05) is 0 Å². The summed E-state index contributed by atoms with van der Waals surface area (Å²) in [5.41, 5.74) is 5.31.